The van der Waals surface area contributed by atoms with Crippen LogP contribution in [0.25, 0.3) is 44.2 Å². The summed E-state index contributed by atoms with van der Waals surface area (Å²) in [6.07, 6.45) is 0. The van der Waals surface area contributed by atoms with Crippen molar-refractivity contribution in [3.8, 4) is 33.4 Å². The molecular formula is C46H37N. The third kappa shape index (κ3) is 4.02. The largest absolute Gasteiger partial charge is 0.310 e. The van der Waals surface area contributed by atoms with E-state index in [1.807, 2.05) is 0 Å². The van der Waals surface area contributed by atoms with Gasteiger partial charge >= 0.3 is 0 Å². The zero-order valence-corrected chi connectivity index (χ0v) is 27.4. The van der Waals surface area contributed by atoms with Crippen LogP contribution in [0.1, 0.15) is 49.9 Å². The molecule has 0 bridgehead atoms. The van der Waals surface area contributed by atoms with E-state index in [-0.39, 0.29) is 10.8 Å². The summed E-state index contributed by atoms with van der Waals surface area (Å²) in [5.41, 5.74) is 16.7. The van der Waals surface area contributed by atoms with Gasteiger partial charge in [-0.2, -0.15) is 0 Å². The monoisotopic (exact) mass is 603 g/mol. The minimum absolute atomic E-state index is 0.0760. The van der Waals surface area contributed by atoms with Crippen molar-refractivity contribution in [3.05, 3.63) is 174 Å². The van der Waals surface area contributed by atoms with E-state index in [1.165, 1.54) is 77.8 Å². The first-order chi connectivity index (χ1) is 22.8. The topological polar surface area (TPSA) is 3.24 Å². The summed E-state index contributed by atoms with van der Waals surface area (Å²) in [4.78, 5) is 2.49. The highest BCUT2D eigenvalue weighted by Gasteiger charge is 2.39. The van der Waals surface area contributed by atoms with Crippen molar-refractivity contribution in [2.24, 2.45) is 0 Å². The summed E-state index contributed by atoms with van der Waals surface area (Å²) < 4.78 is 0. The molecule has 0 aliphatic heterocycles. The fourth-order valence-electron chi connectivity index (χ4n) is 8.45. The second kappa shape index (κ2) is 10.0. The lowest BCUT2D eigenvalue weighted by Crippen LogP contribution is -2.17. The van der Waals surface area contributed by atoms with Gasteiger partial charge in [-0.15, -0.1) is 0 Å². The molecule has 0 fully saturated rings. The minimum Gasteiger partial charge on any atom is -0.310 e. The summed E-state index contributed by atoms with van der Waals surface area (Å²) in [6, 6.07) is 56.3. The third-order valence-electron chi connectivity index (χ3n) is 10.9. The average Bonchev–Trinajstić information content (AvgIpc) is 3.48. The molecule has 2 aliphatic rings. The smallest absolute Gasteiger partial charge is 0.0543 e. The van der Waals surface area contributed by atoms with Crippen LogP contribution in [0.4, 0.5) is 17.1 Å². The van der Waals surface area contributed by atoms with Gasteiger partial charge in [0.05, 0.1) is 5.69 Å². The predicted octanol–water partition coefficient (Wildman–Crippen LogP) is 12.6. The number of anilines is 3. The molecule has 7 aromatic rings. The fraction of sp³-hybridized carbons (Fsp3) is 0.130. The van der Waals surface area contributed by atoms with Crippen molar-refractivity contribution in [1.82, 2.24) is 0 Å². The highest BCUT2D eigenvalue weighted by molar-refractivity contribution is 5.98. The van der Waals surface area contributed by atoms with Gasteiger partial charge in [0, 0.05) is 27.8 Å². The van der Waals surface area contributed by atoms with Gasteiger partial charge in [-0.25, -0.2) is 0 Å². The van der Waals surface area contributed by atoms with Crippen molar-refractivity contribution in [2.45, 2.75) is 38.5 Å². The lowest BCUT2D eigenvalue weighted by Gasteiger charge is -2.30. The van der Waals surface area contributed by atoms with Crippen LogP contribution in [0.5, 0.6) is 0 Å². The lowest BCUT2D eigenvalue weighted by molar-refractivity contribution is 0.660. The molecule has 0 amide bonds. The molecule has 0 atom stereocenters. The quantitative estimate of drug-likeness (QED) is 0.193. The summed E-state index contributed by atoms with van der Waals surface area (Å²) in [5, 5.41) is 2.54. The Balaban J connectivity index is 1.26. The van der Waals surface area contributed by atoms with Crippen LogP contribution in [0.3, 0.4) is 0 Å². The van der Waals surface area contributed by atoms with Crippen LogP contribution in [-0.2, 0) is 10.8 Å². The second-order valence-corrected chi connectivity index (χ2v) is 14.2. The molecule has 47 heavy (non-hydrogen) atoms. The van der Waals surface area contributed by atoms with Crippen LogP contribution in [0.2, 0.25) is 0 Å². The average molecular weight is 604 g/mol. The van der Waals surface area contributed by atoms with Gasteiger partial charge in [-0.05, 0) is 91.2 Å². The van der Waals surface area contributed by atoms with Crippen LogP contribution < -0.4 is 4.90 Å². The number of hydrogen-bond acceptors (Lipinski definition) is 1. The summed E-state index contributed by atoms with van der Waals surface area (Å²) in [7, 11) is 0. The van der Waals surface area contributed by atoms with E-state index < -0.39 is 0 Å². The molecule has 9 rings (SSSR count). The Bertz CT molecular complexity index is 2350. The normalized spacial score (nSPS) is 14.7. The van der Waals surface area contributed by atoms with Gasteiger partial charge in [0.25, 0.3) is 0 Å². The van der Waals surface area contributed by atoms with E-state index in [9.17, 15) is 0 Å². The molecule has 0 radical (unpaired) electrons. The van der Waals surface area contributed by atoms with Crippen LogP contribution >= 0.6 is 0 Å². The Morgan fingerprint density at radius 2 is 0.957 bits per heavy atom. The maximum Gasteiger partial charge on any atom is 0.0543 e. The Hall–Kier alpha value is -5.40. The van der Waals surface area contributed by atoms with E-state index in [4.69, 9.17) is 0 Å². The highest BCUT2D eigenvalue weighted by atomic mass is 15.1. The predicted molar refractivity (Wildman–Crippen MR) is 199 cm³/mol. The molecule has 1 nitrogen and oxygen atoms in total. The maximum atomic E-state index is 2.49. The van der Waals surface area contributed by atoms with Crippen molar-refractivity contribution < 1.29 is 0 Å². The number of benzene rings is 7. The Kier molecular flexibility index (Phi) is 5.96. The van der Waals surface area contributed by atoms with E-state index in [0.29, 0.717) is 0 Å². The molecular weight excluding hydrogens is 567 g/mol. The highest BCUT2D eigenvalue weighted by Crippen LogP contribution is 2.55. The van der Waals surface area contributed by atoms with Crippen molar-refractivity contribution in [1.29, 1.82) is 0 Å². The van der Waals surface area contributed by atoms with E-state index >= 15 is 0 Å². The molecule has 0 saturated carbocycles. The molecule has 226 valence electrons. The number of rotatable bonds is 4. The molecule has 2 aliphatic carbocycles. The fourth-order valence-corrected chi connectivity index (χ4v) is 8.45. The van der Waals surface area contributed by atoms with E-state index in [1.54, 1.807) is 0 Å². The first-order valence-electron chi connectivity index (χ1n) is 16.7. The molecule has 0 spiro atoms. The van der Waals surface area contributed by atoms with Crippen LogP contribution in [-0.4, -0.2) is 0 Å². The molecule has 0 N–H and O–H groups in total. The Morgan fingerprint density at radius 1 is 0.404 bits per heavy atom. The van der Waals surface area contributed by atoms with E-state index in [0.717, 1.165) is 5.69 Å². The Labute approximate surface area is 277 Å². The van der Waals surface area contributed by atoms with Crippen molar-refractivity contribution in [3.63, 3.8) is 0 Å². The summed E-state index contributed by atoms with van der Waals surface area (Å²) >= 11 is 0. The van der Waals surface area contributed by atoms with E-state index in [2.05, 4.69) is 184 Å². The SMILES string of the molecule is CC1(C)c2ccccc2-c2ccc(N(c3ccc(-c4cccc5ccccc45)cc3)c3cccc4c3-c3ccccc3C4(C)C)cc21. The van der Waals surface area contributed by atoms with Gasteiger partial charge in [0.1, 0.15) is 0 Å². The molecule has 1 heteroatoms. The second-order valence-electron chi connectivity index (χ2n) is 14.2. The number of nitrogens with zero attached hydrogens (tertiary/aromatic N) is 1. The first-order valence-corrected chi connectivity index (χ1v) is 16.7. The molecule has 0 aromatic heterocycles. The van der Waals surface area contributed by atoms with Gasteiger partial charge in [0.15, 0.2) is 0 Å². The zero-order valence-electron chi connectivity index (χ0n) is 27.4. The summed E-state index contributed by atoms with van der Waals surface area (Å²) in [5.74, 6) is 0. The minimum atomic E-state index is -0.0843. The summed E-state index contributed by atoms with van der Waals surface area (Å²) in [6.45, 7) is 9.45. The van der Waals surface area contributed by atoms with Crippen molar-refractivity contribution >= 4 is 27.8 Å². The Morgan fingerprint density at radius 3 is 1.77 bits per heavy atom. The molecule has 0 saturated heterocycles. The zero-order chi connectivity index (χ0) is 31.9. The van der Waals surface area contributed by atoms with Gasteiger partial charge in [0.2, 0.25) is 0 Å². The molecule has 0 unspecified atom stereocenters. The van der Waals surface area contributed by atoms with Crippen LogP contribution in [0, 0.1) is 0 Å². The van der Waals surface area contributed by atoms with Gasteiger partial charge in [-0.3, -0.25) is 0 Å². The van der Waals surface area contributed by atoms with Gasteiger partial charge in [-0.1, -0.05) is 149 Å². The third-order valence-corrected chi connectivity index (χ3v) is 10.9. The lowest BCUT2D eigenvalue weighted by atomic mass is 9.82. The molecule has 0 heterocycles. The van der Waals surface area contributed by atoms with Crippen molar-refractivity contribution in [2.75, 3.05) is 4.90 Å². The molecule has 7 aromatic carbocycles. The first kappa shape index (κ1) is 27.9. The standard InChI is InChI=1S/C46H37N/c1-45(2)40-20-10-8-17-38(40)44-41(45)21-12-22-43(44)47(33-27-28-37-36-16-7-9-19-39(36)46(3,4)42(37)29-33)32-25-23-31(24-26-32)35-18-11-14-30-13-5-6-15-34(30)35/h5-29H,1-4H3. The number of fused-ring (bicyclic) bond motifs is 7. The van der Waals surface area contributed by atoms with Gasteiger partial charge < -0.3 is 4.90 Å². The maximum absolute atomic E-state index is 2.49. The number of hydrogen-bond donors (Lipinski definition) is 0. The van der Waals surface area contributed by atoms with Crippen LogP contribution in [0.15, 0.2) is 152 Å².